The second-order valence-electron chi connectivity index (χ2n) is 4.68. The van der Waals surface area contributed by atoms with Gasteiger partial charge in [0, 0.05) is 0 Å². The van der Waals surface area contributed by atoms with Crippen LogP contribution in [0.1, 0.15) is 40.0 Å². The smallest absolute Gasteiger partial charge is 0.170 e. The molecule has 0 atom stereocenters. The Morgan fingerprint density at radius 3 is 1.42 bits per heavy atom. The molecular weight excluding hydrogens is 165 g/mol. The quantitative estimate of drug-likeness (QED) is 0.532. The first-order valence-electron chi connectivity index (χ1n) is 4.27. The summed E-state index contributed by atoms with van der Waals surface area (Å²) in [6.45, 7) is 5.04. The van der Waals surface area contributed by atoms with Crippen LogP contribution < -0.4 is 0 Å². The van der Waals surface area contributed by atoms with E-state index in [9.17, 15) is 13.2 Å². The number of rotatable bonds is 0. The number of hydrogen-bond acceptors (Lipinski definition) is 0. The fraction of sp³-hybridized carbons (Fsp3) is 1.00. The summed E-state index contributed by atoms with van der Waals surface area (Å²) in [6, 6.07) is 0. The molecule has 72 valence electrons. The number of halogens is 3. The van der Waals surface area contributed by atoms with Gasteiger partial charge in [-0.25, -0.2) is 0 Å². The van der Waals surface area contributed by atoms with Gasteiger partial charge in [0.2, 0.25) is 0 Å². The Morgan fingerprint density at radius 2 is 1.42 bits per heavy atom. The van der Waals surface area contributed by atoms with Crippen LogP contribution in [-0.2, 0) is 0 Å². The Balaban J connectivity index is 2.92. The van der Waals surface area contributed by atoms with E-state index in [4.69, 9.17) is 0 Å². The van der Waals surface area contributed by atoms with E-state index < -0.39 is 17.0 Å². The van der Waals surface area contributed by atoms with Gasteiger partial charge in [0.05, 0.1) is 5.41 Å². The Bertz CT molecular complexity index is 153. The molecule has 12 heavy (non-hydrogen) atoms. The minimum Gasteiger partial charge on any atom is -0.170 e. The maximum Gasteiger partial charge on any atom is 0.395 e. The van der Waals surface area contributed by atoms with Crippen LogP contribution in [0.2, 0.25) is 0 Å². The first kappa shape index (κ1) is 9.87. The summed E-state index contributed by atoms with van der Waals surface area (Å²) in [4.78, 5) is 0. The third kappa shape index (κ3) is 1.14. The first-order valence-corrected chi connectivity index (χ1v) is 4.27. The van der Waals surface area contributed by atoms with Gasteiger partial charge >= 0.3 is 6.18 Å². The van der Waals surface area contributed by atoms with E-state index in [1.807, 2.05) is 0 Å². The zero-order valence-corrected chi connectivity index (χ0v) is 7.76. The highest BCUT2D eigenvalue weighted by atomic mass is 19.4. The molecule has 0 unspecified atom stereocenters. The average molecular weight is 180 g/mol. The molecule has 0 aromatic heterocycles. The minimum absolute atomic E-state index is 0.306. The fourth-order valence-electron chi connectivity index (χ4n) is 1.99. The lowest BCUT2D eigenvalue weighted by Crippen LogP contribution is -2.52. The topological polar surface area (TPSA) is 0 Å². The summed E-state index contributed by atoms with van der Waals surface area (Å²) < 4.78 is 38.0. The van der Waals surface area contributed by atoms with Crippen molar-refractivity contribution in [2.24, 2.45) is 10.8 Å². The lowest BCUT2D eigenvalue weighted by Gasteiger charge is -2.52. The van der Waals surface area contributed by atoms with Crippen LogP contribution in [0.15, 0.2) is 0 Å². The van der Waals surface area contributed by atoms with Crippen molar-refractivity contribution in [3.63, 3.8) is 0 Å². The summed E-state index contributed by atoms with van der Waals surface area (Å²) in [5.74, 6) is 0. The molecule has 0 bridgehead atoms. The molecule has 0 spiro atoms. The Morgan fingerprint density at radius 1 is 1.00 bits per heavy atom. The fourth-order valence-corrected chi connectivity index (χ4v) is 1.99. The third-order valence-corrected chi connectivity index (χ3v) is 3.19. The lowest BCUT2D eigenvalue weighted by molar-refractivity contribution is -0.286. The van der Waals surface area contributed by atoms with Crippen molar-refractivity contribution in [3.8, 4) is 0 Å². The monoisotopic (exact) mass is 180 g/mol. The summed E-state index contributed by atoms with van der Waals surface area (Å²) in [5.41, 5.74) is -2.05. The molecule has 0 nitrogen and oxygen atoms in total. The predicted octanol–water partition coefficient (Wildman–Crippen LogP) is 3.77. The van der Waals surface area contributed by atoms with Crippen molar-refractivity contribution >= 4 is 0 Å². The van der Waals surface area contributed by atoms with Crippen LogP contribution in [0.3, 0.4) is 0 Å². The molecule has 0 aromatic carbocycles. The summed E-state index contributed by atoms with van der Waals surface area (Å²) >= 11 is 0. The Hall–Kier alpha value is -0.210. The van der Waals surface area contributed by atoms with Gasteiger partial charge in [-0.15, -0.1) is 0 Å². The second-order valence-corrected chi connectivity index (χ2v) is 4.68. The van der Waals surface area contributed by atoms with Crippen molar-refractivity contribution in [2.75, 3.05) is 0 Å². The molecule has 0 aliphatic heterocycles. The van der Waals surface area contributed by atoms with E-state index in [1.54, 1.807) is 20.8 Å². The molecular formula is C9H15F3. The van der Waals surface area contributed by atoms with Crippen LogP contribution in [0.4, 0.5) is 13.2 Å². The number of hydrogen-bond donors (Lipinski definition) is 0. The van der Waals surface area contributed by atoms with Crippen LogP contribution in [0.25, 0.3) is 0 Å². The molecule has 1 rings (SSSR count). The van der Waals surface area contributed by atoms with Crippen molar-refractivity contribution in [3.05, 3.63) is 0 Å². The van der Waals surface area contributed by atoms with Gasteiger partial charge in [0.1, 0.15) is 0 Å². The molecule has 0 aromatic rings. The SMILES string of the molecule is CC(C)(C)C1(C(F)(F)F)CCC1. The maximum atomic E-state index is 12.7. The predicted molar refractivity (Wildman–Crippen MR) is 41.8 cm³/mol. The summed E-state index contributed by atoms with van der Waals surface area (Å²) in [6.07, 6.45) is -2.69. The van der Waals surface area contributed by atoms with Crippen LogP contribution >= 0.6 is 0 Å². The zero-order valence-electron chi connectivity index (χ0n) is 7.76. The molecule has 0 saturated heterocycles. The van der Waals surface area contributed by atoms with Gasteiger partial charge in [-0.05, 0) is 18.3 Å². The van der Waals surface area contributed by atoms with Crippen LogP contribution in [0, 0.1) is 10.8 Å². The Kier molecular flexibility index (Phi) is 1.97. The highest BCUT2D eigenvalue weighted by Gasteiger charge is 2.63. The van der Waals surface area contributed by atoms with E-state index in [0.29, 0.717) is 12.8 Å². The highest BCUT2D eigenvalue weighted by Crippen LogP contribution is 2.62. The molecule has 1 aliphatic rings. The number of alkyl halides is 3. The van der Waals surface area contributed by atoms with E-state index in [-0.39, 0.29) is 0 Å². The molecule has 0 heterocycles. The third-order valence-electron chi connectivity index (χ3n) is 3.19. The second kappa shape index (κ2) is 2.39. The summed E-state index contributed by atoms with van der Waals surface area (Å²) in [7, 11) is 0. The van der Waals surface area contributed by atoms with Gasteiger partial charge in [-0.3, -0.25) is 0 Å². The van der Waals surface area contributed by atoms with Crippen molar-refractivity contribution < 1.29 is 13.2 Å². The maximum absolute atomic E-state index is 12.7. The molecule has 0 N–H and O–H groups in total. The molecule has 1 aliphatic carbocycles. The van der Waals surface area contributed by atoms with Gasteiger partial charge in [-0.2, -0.15) is 13.2 Å². The first-order chi connectivity index (χ1) is 5.21. The van der Waals surface area contributed by atoms with Gasteiger partial charge in [0.15, 0.2) is 0 Å². The van der Waals surface area contributed by atoms with Gasteiger partial charge < -0.3 is 0 Å². The van der Waals surface area contributed by atoms with Gasteiger partial charge in [0.25, 0.3) is 0 Å². The molecule has 0 amide bonds. The average Bonchev–Trinajstić information content (AvgIpc) is 1.47. The normalized spacial score (nSPS) is 23.5. The van der Waals surface area contributed by atoms with E-state index in [2.05, 4.69) is 0 Å². The van der Waals surface area contributed by atoms with Crippen molar-refractivity contribution in [1.82, 2.24) is 0 Å². The van der Waals surface area contributed by atoms with Crippen molar-refractivity contribution in [2.45, 2.75) is 46.2 Å². The van der Waals surface area contributed by atoms with E-state index in [1.165, 1.54) is 0 Å². The molecule has 1 fully saturated rings. The van der Waals surface area contributed by atoms with E-state index >= 15 is 0 Å². The van der Waals surface area contributed by atoms with Crippen LogP contribution in [-0.4, -0.2) is 6.18 Å². The van der Waals surface area contributed by atoms with Crippen LogP contribution in [0.5, 0.6) is 0 Å². The molecule has 3 heteroatoms. The lowest BCUT2D eigenvalue weighted by atomic mass is 9.54. The standard InChI is InChI=1S/C9H15F3/c1-7(2,3)8(5-4-6-8)9(10,11)12/h4-6H2,1-3H3. The van der Waals surface area contributed by atoms with Gasteiger partial charge in [-0.1, -0.05) is 27.2 Å². The largest absolute Gasteiger partial charge is 0.395 e. The minimum atomic E-state index is -4.02. The summed E-state index contributed by atoms with van der Waals surface area (Å²) in [5, 5.41) is 0. The molecule has 0 radical (unpaired) electrons. The van der Waals surface area contributed by atoms with E-state index in [0.717, 1.165) is 6.42 Å². The van der Waals surface area contributed by atoms with Crippen molar-refractivity contribution in [1.29, 1.82) is 0 Å². The molecule has 1 saturated carbocycles. The Labute approximate surface area is 71.1 Å². The highest BCUT2D eigenvalue weighted by molar-refractivity contribution is 5.01. The zero-order chi connectivity index (χ0) is 9.62.